The fourth-order valence-corrected chi connectivity index (χ4v) is 4.83. The third kappa shape index (κ3) is 4.24. The molecule has 0 spiro atoms. The minimum Gasteiger partial charge on any atom is -0.507 e. The van der Waals surface area contributed by atoms with Crippen molar-refractivity contribution in [1.82, 2.24) is 0 Å². The average Bonchev–Trinajstić information content (AvgIpc) is 3.45. The SMILES string of the molecule is CCOc1cc(C2/C(=C(\O)c3ccc4c(c3)OCO4)C(=O)C(=O)N2c2cc(C)cc(C)c2)ccc1OC. The first-order valence-electron chi connectivity index (χ1n) is 11.9. The van der Waals surface area contributed by atoms with E-state index < -0.39 is 17.7 Å². The first-order chi connectivity index (χ1) is 17.8. The van der Waals surface area contributed by atoms with Crippen LogP contribution < -0.4 is 23.8 Å². The van der Waals surface area contributed by atoms with Gasteiger partial charge in [0.2, 0.25) is 6.79 Å². The first-order valence-corrected chi connectivity index (χ1v) is 11.9. The molecule has 1 atom stereocenters. The van der Waals surface area contributed by atoms with Crippen LogP contribution in [0.15, 0.2) is 60.2 Å². The smallest absolute Gasteiger partial charge is 0.300 e. The van der Waals surface area contributed by atoms with E-state index in [9.17, 15) is 14.7 Å². The molecule has 190 valence electrons. The number of carbonyl (C=O) groups excluding carboxylic acids is 2. The van der Waals surface area contributed by atoms with Gasteiger partial charge in [-0.25, -0.2) is 0 Å². The molecule has 37 heavy (non-hydrogen) atoms. The zero-order valence-electron chi connectivity index (χ0n) is 21.0. The van der Waals surface area contributed by atoms with Crippen LogP contribution in [0.25, 0.3) is 5.76 Å². The summed E-state index contributed by atoms with van der Waals surface area (Å²) in [6.45, 7) is 6.18. The second-order valence-corrected chi connectivity index (χ2v) is 8.93. The maximum absolute atomic E-state index is 13.5. The number of benzene rings is 3. The Morgan fingerprint density at radius 1 is 0.973 bits per heavy atom. The molecule has 0 bridgehead atoms. The molecule has 3 aromatic carbocycles. The quantitative estimate of drug-likeness (QED) is 0.286. The van der Waals surface area contributed by atoms with Crippen LogP contribution >= 0.6 is 0 Å². The molecule has 2 aliphatic heterocycles. The predicted octanol–water partition coefficient (Wildman–Crippen LogP) is 5.07. The Bertz CT molecular complexity index is 1420. The van der Waals surface area contributed by atoms with E-state index in [0.29, 0.717) is 46.4 Å². The molecule has 8 heteroatoms. The predicted molar refractivity (Wildman–Crippen MR) is 137 cm³/mol. The van der Waals surface area contributed by atoms with Crippen molar-refractivity contribution in [3.05, 3.63) is 82.4 Å². The molecule has 0 aliphatic carbocycles. The van der Waals surface area contributed by atoms with Crippen LogP contribution in [0.4, 0.5) is 5.69 Å². The molecule has 0 radical (unpaired) electrons. The van der Waals surface area contributed by atoms with Crippen molar-refractivity contribution in [2.45, 2.75) is 26.8 Å². The summed E-state index contributed by atoms with van der Waals surface area (Å²) in [7, 11) is 1.54. The lowest BCUT2D eigenvalue weighted by Crippen LogP contribution is -2.29. The van der Waals surface area contributed by atoms with Gasteiger partial charge in [0.05, 0.1) is 25.3 Å². The summed E-state index contributed by atoms with van der Waals surface area (Å²) in [5.74, 6) is 0.162. The molecule has 1 amide bonds. The molecule has 1 N–H and O–H groups in total. The van der Waals surface area contributed by atoms with Gasteiger partial charge < -0.3 is 24.1 Å². The number of aryl methyl sites for hydroxylation is 2. The first kappa shape index (κ1) is 24.2. The van der Waals surface area contributed by atoms with E-state index in [1.807, 2.05) is 39.0 Å². The highest BCUT2D eigenvalue weighted by atomic mass is 16.7. The highest BCUT2D eigenvalue weighted by Gasteiger charge is 2.47. The Balaban J connectivity index is 1.73. The van der Waals surface area contributed by atoms with Crippen LogP contribution in [-0.4, -0.2) is 37.3 Å². The van der Waals surface area contributed by atoms with Crippen molar-refractivity contribution in [3.63, 3.8) is 0 Å². The van der Waals surface area contributed by atoms with Gasteiger partial charge >= 0.3 is 0 Å². The molecule has 2 heterocycles. The Kier molecular flexibility index (Phi) is 6.25. The van der Waals surface area contributed by atoms with Crippen molar-refractivity contribution in [2.75, 3.05) is 25.4 Å². The van der Waals surface area contributed by atoms with Crippen LogP contribution in [0, 0.1) is 13.8 Å². The summed E-state index contributed by atoms with van der Waals surface area (Å²) in [4.78, 5) is 28.4. The standard InChI is InChI=1S/C29H27NO7/c1-5-35-23-13-18(6-8-21(23)34-4)26-25(27(31)19-7-9-22-24(14-19)37-15-36-22)28(32)29(33)30(26)20-11-16(2)10-17(3)12-20/h6-14,26,31H,5,15H2,1-4H3/b27-25+. The molecule has 8 nitrogen and oxygen atoms in total. The van der Waals surface area contributed by atoms with E-state index in [1.165, 1.54) is 4.90 Å². The van der Waals surface area contributed by atoms with Crippen molar-refractivity contribution < 1.29 is 33.6 Å². The lowest BCUT2D eigenvalue weighted by Gasteiger charge is -2.26. The van der Waals surface area contributed by atoms with E-state index in [0.717, 1.165) is 11.1 Å². The fraction of sp³-hybridized carbons (Fsp3) is 0.241. The maximum Gasteiger partial charge on any atom is 0.300 e. The normalized spacial score (nSPS) is 17.8. The monoisotopic (exact) mass is 501 g/mol. The van der Waals surface area contributed by atoms with Crippen LogP contribution in [-0.2, 0) is 9.59 Å². The third-order valence-electron chi connectivity index (χ3n) is 6.38. The molecular weight excluding hydrogens is 474 g/mol. The zero-order chi connectivity index (χ0) is 26.3. The molecule has 0 saturated carbocycles. The van der Waals surface area contributed by atoms with Crippen LogP contribution in [0.2, 0.25) is 0 Å². The van der Waals surface area contributed by atoms with E-state index in [2.05, 4.69) is 0 Å². The number of fused-ring (bicyclic) bond motifs is 1. The average molecular weight is 502 g/mol. The highest BCUT2D eigenvalue weighted by molar-refractivity contribution is 6.51. The summed E-state index contributed by atoms with van der Waals surface area (Å²) in [5, 5.41) is 11.4. The minimum atomic E-state index is -0.906. The Morgan fingerprint density at radius 3 is 2.41 bits per heavy atom. The minimum absolute atomic E-state index is 0.0318. The molecule has 5 rings (SSSR count). The maximum atomic E-state index is 13.5. The molecule has 1 unspecified atom stereocenters. The molecule has 0 aromatic heterocycles. The molecular formula is C29H27NO7. The Labute approximate surface area is 214 Å². The van der Waals surface area contributed by atoms with E-state index in [-0.39, 0.29) is 18.1 Å². The lowest BCUT2D eigenvalue weighted by molar-refractivity contribution is -0.132. The number of carbonyl (C=O) groups is 2. The van der Waals surface area contributed by atoms with E-state index in [4.69, 9.17) is 18.9 Å². The van der Waals surface area contributed by atoms with Crippen molar-refractivity contribution in [2.24, 2.45) is 0 Å². The summed E-state index contributed by atoms with van der Waals surface area (Å²) >= 11 is 0. The van der Waals surface area contributed by atoms with Gasteiger partial charge in [0.1, 0.15) is 5.76 Å². The number of ether oxygens (including phenoxy) is 4. The van der Waals surface area contributed by atoms with Crippen molar-refractivity contribution in [3.8, 4) is 23.0 Å². The van der Waals surface area contributed by atoms with E-state index in [1.54, 1.807) is 43.5 Å². The van der Waals surface area contributed by atoms with Gasteiger partial charge in [0.25, 0.3) is 11.7 Å². The summed E-state index contributed by atoms with van der Waals surface area (Å²) in [6, 6.07) is 14.9. The third-order valence-corrected chi connectivity index (χ3v) is 6.38. The van der Waals surface area contributed by atoms with Gasteiger partial charge in [0.15, 0.2) is 23.0 Å². The number of anilines is 1. The van der Waals surface area contributed by atoms with Gasteiger partial charge in [-0.1, -0.05) is 12.1 Å². The van der Waals surface area contributed by atoms with Crippen LogP contribution in [0.3, 0.4) is 0 Å². The van der Waals surface area contributed by atoms with Gasteiger partial charge in [0, 0.05) is 11.3 Å². The molecule has 2 aliphatic rings. The number of rotatable bonds is 6. The summed E-state index contributed by atoms with van der Waals surface area (Å²) in [5.41, 5.74) is 3.34. The zero-order valence-corrected chi connectivity index (χ0v) is 21.0. The number of amides is 1. The Hall–Kier alpha value is -4.46. The van der Waals surface area contributed by atoms with Crippen molar-refractivity contribution in [1.29, 1.82) is 0 Å². The topological polar surface area (TPSA) is 94.5 Å². The number of aliphatic hydroxyl groups excluding tert-OH is 1. The number of hydrogen-bond acceptors (Lipinski definition) is 7. The van der Waals surface area contributed by atoms with Crippen LogP contribution in [0.1, 0.15) is 35.2 Å². The second kappa shape index (κ2) is 9.54. The number of hydrogen-bond donors (Lipinski definition) is 1. The molecule has 3 aromatic rings. The van der Waals surface area contributed by atoms with E-state index >= 15 is 0 Å². The fourth-order valence-electron chi connectivity index (χ4n) is 4.83. The van der Waals surface area contributed by atoms with Gasteiger partial charge in [-0.05, 0) is 79.9 Å². The van der Waals surface area contributed by atoms with Gasteiger partial charge in [-0.2, -0.15) is 0 Å². The number of Topliss-reactive ketones (excluding diaryl/α,β-unsaturated/α-hetero) is 1. The summed E-state index contributed by atoms with van der Waals surface area (Å²) in [6.07, 6.45) is 0. The molecule has 1 fully saturated rings. The Morgan fingerprint density at radius 2 is 1.70 bits per heavy atom. The number of ketones is 1. The highest BCUT2D eigenvalue weighted by Crippen LogP contribution is 2.45. The van der Waals surface area contributed by atoms with Crippen molar-refractivity contribution >= 4 is 23.1 Å². The van der Waals surface area contributed by atoms with Gasteiger partial charge in [-0.3, -0.25) is 14.5 Å². The number of nitrogens with zero attached hydrogens (tertiary/aromatic N) is 1. The lowest BCUT2D eigenvalue weighted by atomic mass is 9.94. The summed E-state index contributed by atoms with van der Waals surface area (Å²) < 4.78 is 22.0. The molecule has 1 saturated heterocycles. The van der Waals surface area contributed by atoms with Gasteiger partial charge in [-0.15, -0.1) is 0 Å². The van der Waals surface area contributed by atoms with Crippen LogP contribution in [0.5, 0.6) is 23.0 Å². The number of aliphatic hydroxyl groups is 1. The number of methoxy groups -OCH3 is 1. The second-order valence-electron chi connectivity index (χ2n) is 8.93. The largest absolute Gasteiger partial charge is 0.507 e.